The molecular formula is C28H30F2N4O10. The number of esters is 2. The fraction of sp³-hybridized carbons (Fsp3) is 0.429. The normalized spacial score (nSPS) is 18.6. The van der Waals surface area contributed by atoms with Crippen LogP contribution in [0.2, 0.25) is 0 Å². The second-order valence-electron chi connectivity index (χ2n) is 10.1. The van der Waals surface area contributed by atoms with E-state index in [0.29, 0.717) is 11.1 Å². The third kappa shape index (κ3) is 7.30. The van der Waals surface area contributed by atoms with Gasteiger partial charge in [-0.15, -0.1) is 8.78 Å². The van der Waals surface area contributed by atoms with E-state index in [1.807, 2.05) is 0 Å². The molecule has 4 rings (SSSR count). The number of aromatic nitrogens is 1. The number of nitrogens with zero attached hydrogens (tertiary/aromatic N) is 2. The average molecular weight is 621 g/mol. The Bertz CT molecular complexity index is 1450. The lowest BCUT2D eigenvalue weighted by molar-refractivity contribution is -0.286. The minimum absolute atomic E-state index is 0.00184. The first kappa shape index (κ1) is 31.9. The molecule has 1 saturated heterocycles. The number of alkyl halides is 2. The van der Waals surface area contributed by atoms with E-state index < -0.39 is 67.0 Å². The number of nitrogens with one attached hydrogen (secondary N) is 2. The molecule has 3 atom stereocenters. The molecule has 1 fully saturated rings. The summed E-state index contributed by atoms with van der Waals surface area (Å²) in [6, 6.07) is 4.07. The number of likely N-dealkylation sites (tertiary alicyclic amines) is 1. The number of β-lactam (4-membered cyclic amide) rings is 1. The van der Waals surface area contributed by atoms with Gasteiger partial charge < -0.3 is 29.0 Å². The minimum atomic E-state index is -3.81. The number of halogens is 2. The smallest absolute Gasteiger partial charge is 0.464 e. The van der Waals surface area contributed by atoms with Crippen LogP contribution in [0.25, 0.3) is 0 Å². The molecule has 0 aliphatic carbocycles. The van der Waals surface area contributed by atoms with Gasteiger partial charge in [0.2, 0.25) is 12.7 Å². The van der Waals surface area contributed by atoms with Crippen molar-refractivity contribution < 1.29 is 56.4 Å². The molecule has 2 aliphatic heterocycles. The molecular weight excluding hydrogens is 590 g/mol. The Hall–Kier alpha value is -5.02. The predicted molar refractivity (Wildman–Crippen MR) is 144 cm³/mol. The van der Waals surface area contributed by atoms with E-state index in [1.165, 1.54) is 30.5 Å². The zero-order valence-electron chi connectivity index (χ0n) is 24.1. The number of carbonyl (C=O) groups is 5. The van der Waals surface area contributed by atoms with E-state index in [4.69, 9.17) is 14.2 Å². The van der Waals surface area contributed by atoms with Crippen LogP contribution in [-0.4, -0.2) is 65.6 Å². The Kier molecular flexibility index (Phi) is 9.50. The highest BCUT2D eigenvalue weighted by molar-refractivity contribution is 6.08. The van der Waals surface area contributed by atoms with Crippen LogP contribution < -0.4 is 20.1 Å². The molecule has 0 radical (unpaired) electrons. The second-order valence-corrected chi connectivity index (χ2v) is 10.1. The predicted octanol–water partition coefficient (Wildman–Crippen LogP) is 3.51. The highest BCUT2D eigenvalue weighted by Crippen LogP contribution is 2.42. The molecule has 2 aliphatic rings. The zero-order chi connectivity index (χ0) is 32.2. The fourth-order valence-electron chi connectivity index (χ4n) is 4.42. The number of imide groups is 1. The van der Waals surface area contributed by atoms with Crippen LogP contribution in [0.3, 0.4) is 0 Å². The summed E-state index contributed by atoms with van der Waals surface area (Å²) < 4.78 is 50.3. The van der Waals surface area contributed by atoms with Crippen molar-refractivity contribution in [2.24, 2.45) is 11.8 Å². The summed E-state index contributed by atoms with van der Waals surface area (Å²) in [6.07, 6.45) is -3.39. The molecule has 236 valence electrons. The van der Waals surface area contributed by atoms with Crippen molar-refractivity contribution in [3.05, 3.63) is 47.7 Å². The summed E-state index contributed by atoms with van der Waals surface area (Å²) in [7, 11) is 0. The lowest BCUT2D eigenvalue weighted by atomic mass is 9.82. The molecule has 1 aromatic carbocycles. The van der Waals surface area contributed by atoms with Gasteiger partial charge in [-0.1, -0.05) is 19.9 Å². The Morgan fingerprint density at radius 1 is 1.05 bits per heavy atom. The standard InChI is InChI=1S/C28H30F2N4O10/c1-5-40-25(37)22-18(10-16-8-9-31-21(11-16)33-27(39)42-13-41-24(36)14(2)3)23(35)34(22)26(38)32-15(4)17-6-7-19-20(12-17)44-28(29,30)43-19/h6-9,11-12,14-15,18,22H,5,10,13H2,1-4H3,(H,32,38)(H,31,33,39)/t15-,18-,22?/m1/s1. The number of urea groups is 1. The molecule has 44 heavy (non-hydrogen) atoms. The highest BCUT2D eigenvalue weighted by atomic mass is 19.3. The first-order valence-corrected chi connectivity index (χ1v) is 13.5. The largest absolute Gasteiger partial charge is 0.586 e. The number of benzene rings is 1. The Balaban J connectivity index is 1.39. The van der Waals surface area contributed by atoms with Gasteiger partial charge in [0.1, 0.15) is 5.82 Å². The third-order valence-corrected chi connectivity index (χ3v) is 6.60. The van der Waals surface area contributed by atoms with Gasteiger partial charge in [-0.05, 0) is 55.7 Å². The quantitative estimate of drug-likeness (QED) is 0.226. The van der Waals surface area contributed by atoms with Crippen LogP contribution in [0.4, 0.5) is 24.2 Å². The van der Waals surface area contributed by atoms with Crippen molar-refractivity contribution in [1.82, 2.24) is 15.2 Å². The van der Waals surface area contributed by atoms with E-state index in [1.54, 1.807) is 33.8 Å². The van der Waals surface area contributed by atoms with Gasteiger partial charge in [-0.2, -0.15) is 0 Å². The van der Waals surface area contributed by atoms with Crippen molar-refractivity contribution in [1.29, 1.82) is 0 Å². The van der Waals surface area contributed by atoms with E-state index in [0.717, 1.165) is 4.90 Å². The number of fused-ring (bicyclic) bond motifs is 1. The van der Waals surface area contributed by atoms with Gasteiger partial charge in [0.15, 0.2) is 17.5 Å². The SMILES string of the molecule is CCOC(=O)C1[C@@H](Cc2ccnc(NC(=O)OCOC(=O)C(C)C)c2)C(=O)N1C(=O)N[C@H](C)c1ccc2c(c1)OC(F)(F)O2. The first-order chi connectivity index (χ1) is 20.8. The summed E-state index contributed by atoms with van der Waals surface area (Å²) in [5.74, 6) is -3.69. The van der Waals surface area contributed by atoms with E-state index in [-0.39, 0.29) is 30.3 Å². The van der Waals surface area contributed by atoms with Gasteiger partial charge >= 0.3 is 30.4 Å². The van der Waals surface area contributed by atoms with Crippen LogP contribution in [0.15, 0.2) is 36.5 Å². The first-order valence-electron chi connectivity index (χ1n) is 13.5. The minimum Gasteiger partial charge on any atom is -0.464 e. The molecule has 3 heterocycles. The second kappa shape index (κ2) is 13.1. The Labute approximate surface area is 249 Å². The van der Waals surface area contributed by atoms with Gasteiger partial charge in [-0.25, -0.2) is 24.3 Å². The van der Waals surface area contributed by atoms with Gasteiger partial charge in [0.25, 0.3) is 0 Å². The summed E-state index contributed by atoms with van der Waals surface area (Å²) in [5, 5.41) is 4.96. The van der Waals surface area contributed by atoms with Crippen molar-refractivity contribution in [2.45, 2.75) is 52.5 Å². The molecule has 4 amide bonds. The molecule has 2 N–H and O–H groups in total. The van der Waals surface area contributed by atoms with Crippen LogP contribution in [0, 0.1) is 11.8 Å². The van der Waals surface area contributed by atoms with E-state index in [2.05, 4.69) is 25.1 Å². The molecule has 1 unspecified atom stereocenters. The number of amides is 4. The summed E-state index contributed by atoms with van der Waals surface area (Å²) in [4.78, 5) is 67.4. The maximum absolute atomic E-state index is 13.4. The number of pyridine rings is 1. The van der Waals surface area contributed by atoms with Crippen molar-refractivity contribution in [2.75, 3.05) is 18.7 Å². The summed E-state index contributed by atoms with van der Waals surface area (Å²) >= 11 is 0. The van der Waals surface area contributed by atoms with Gasteiger partial charge in [0.05, 0.1) is 24.5 Å². The molecule has 0 spiro atoms. The van der Waals surface area contributed by atoms with Gasteiger partial charge in [0, 0.05) is 6.20 Å². The number of carbonyl (C=O) groups excluding carboxylic acids is 5. The lowest BCUT2D eigenvalue weighted by Crippen LogP contribution is -2.69. The van der Waals surface area contributed by atoms with Crippen molar-refractivity contribution >= 4 is 35.8 Å². The Morgan fingerprint density at radius 2 is 1.77 bits per heavy atom. The number of ether oxygens (including phenoxy) is 5. The topological polar surface area (TPSA) is 172 Å². The van der Waals surface area contributed by atoms with E-state index >= 15 is 0 Å². The number of anilines is 1. The van der Waals surface area contributed by atoms with E-state index in [9.17, 15) is 32.8 Å². The van der Waals surface area contributed by atoms with Crippen LogP contribution in [0.1, 0.15) is 44.9 Å². The number of rotatable bonds is 10. The maximum atomic E-state index is 13.4. The summed E-state index contributed by atoms with van der Waals surface area (Å²) in [6.45, 7) is 5.78. The Morgan fingerprint density at radius 3 is 2.48 bits per heavy atom. The summed E-state index contributed by atoms with van der Waals surface area (Å²) in [5.41, 5.74) is 0.879. The fourth-order valence-corrected chi connectivity index (χ4v) is 4.42. The average Bonchev–Trinajstić information content (AvgIpc) is 3.27. The number of hydrogen-bond acceptors (Lipinski definition) is 11. The molecule has 1 aromatic heterocycles. The molecule has 0 bridgehead atoms. The van der Waals surface area contributed by atoms with Crippen LogP contribution >= 0.6 is 0 Å². The lowest BCUT2D eigenvalue weighted by Gasteiger charge is -2.44. The number of hydrogen-bond donors (Lipinski definition) is 2. The van der Waals surface area contributed by atoms with Crippen LogP contribution in [0.5, 0.6) is 11.5 Å². The third-order valence-electron chi connectivity index (χ3n) is 6.60. The maximum Gasteiger partial charge on any atom is 0.586 e. The molecule has 0 saturated carbocycles. The monoisotopic (exact) mass is 620 g/mol. The molecule has 16 heteroatoms. The van der Waals surface area contributed by atoms with Crippen molar-refractivity contribution in [3.8, 4) is 11.5 Å². The van der Waals surface area contributed by atoms with Crippen LogP contribution in [-0.2, 0) is 35.0 Å². The zero-order valence-corrected chi connectivity index (χ0v) is 24.1. The van der Waals surface area contributed by atoms with Gasteiger partial charge in [-0.3, -0.25) is 14.9 Å². The molecule has 14 nitrogen and oxygen atoms in total. The molecule has 2 aromatic rings. The van der Waals surface area contributed by atoms with Crippen molar-refractivity contribution in [3.63, 3.8) is 0 Å². The highest BCUT2D eigenvalue weighted by Gasteiger charge is 2.55.